The molecular weight excluding hydrogens is 335 g/mol. The molecule has 1 unspecified atom stereocenters. The van der Waals surface area contributed by atoms with E-state index in [0.29, 0.717) is 0 Å². The Balaban J connectivity index is 2.13. The summed E-state index contributed by atoms with van der Waals surface area (Å²) in [6, 6.07) is 6.36. The Kier molecular flexibility index (Phi) is 5.88. The van der Waals surface area contributed by atoms with Crippen LogP contribution < -0.4 is 5.09 Å². The molecule has 130 valence electrons. The van der Waals surface area contributed by atoms with Crippen LogP contribution in [0.5, 0.6) is 0 Å². The number of hydrogen-bond acceptors (Lipinski definition) is 6. The van der Waals surface area contributed by atoms with Gasteiger partial charge >= 0.3 is 5.97 Å². The molecule has 0 saturated carbocycles. The third-order valence-corrected chi connectivity index (χ3v) is 5.28. The normalized spacial score (nSPS) is 16.0. The number of imide groups is 1. The van der Waals surface area contributed by atoms with Crippen molar-refractivity contribution in [3.05, 3.63) is 35.4 Å². The Morgan fingerprint density at radius 3 is 2.21 bits per heavy atom. The maximum absolute atomic E-state index is 12.8. The van der Waals surface area contributed by atoms with Crippen molar-refractivity contribution in [1.82, 2.24) is 9.99 Å². The zero-order valence-electron chi connectivity index (χ0n) is 13.5. The average molecular weight is 354 g/mol. The molecule has 0 saturated heterocycles. The fourth-order valence-corrected chi connectivity index (χ4v) is 3.99. The van der Waals surface area contributed by atoms with E-state index in [4.69, 9.17) is 9.26 Å². The molecule has 1 N–H and O–H groups in total. The lowest BCUT2D eigenvalue weighted by molar-refractivity contribution is -0.141. The highest BCUT2D eigenvalue weighted by atomic mass is 31.2. The summed E-state index contributed by atoms with van der Waals surface area (Å²) in [5, 5.41) is 2.49. The minimum Gasteiger partial charge on any atom is -0.465 e. The van der Waals surface area contributed by atoms with Gasteiger partial charge < -0.3 is 9.26 Å². The van der Waals surface area contributed by atoms with Gasteiger partial charge in [0.2, 0.25) is 0 Å². The molecule has 1 aliphatic heterocycles. The predicted molar refractivity (Wildman–Crippen MR) is 85.7 cm³/mol. The fourth-order valence-electron chi connectivity index (χ4n) is 2.30. The third kappa shape index (κ3) is 3.90. The number of fused-ring (bicyclic) bond motifs is 1. The van der Waals surface area contributed by atoms with E-state index in [-0.39, 0.29) is 30.9 Å². The highest BCUT2D eigenvalue weighted by Gasteiger charge is 2.40. The smallest absolute Gasteiger partial charge is 0.320 e. The summed E-state index contributed by atoms with van der Waals surface area (Å²) in [6.45, 7) is 3.22. The Labute approximate surface area is 139 Å². The molecule has 1 aliphatic rings. The molecule has 2 amide bonds. The predicted octanol–water partition coefficient (Wildman–Crippen LogP) is 1.62. The van der Waals surface area contributed by atoms with Crippen molar-refractivity contribution in [3.8, 4) is 0 Å². The number of carbonyl (C=O) groups excluding carboxylic acids is 3. The van der Waals surface area contributed by atoms with Crippen LogP contribution in [0.2, 0.25) is 0 Å². The van der Waals surface area contributed by atoms with Crippen molar-refractivity contribution >= 4 is 25.3 Å². The highest BCUT2D eigenvalue weighted by Crippen LogP contribution is 2.44. The number of esters is 1. The first-order valence-corrected chi connectivity index (χ1v) is 9.32. The minimum absolute atomic E-state index is 0.0935. The molecule has 0 spiro atoms. The van der Waals surface area contributed by atoms with E-state index in [2.05, 4.69) is 5.09 Å². The second-order valence-corrected chi connectivity index (χ2v) is 7.16. The third-order valence-electron chi connectivity index (χ3n) is 3.31. The summed E-state index contributed by atoms with van der Waals surface area (Å²) < 4.78 is 22.8. The molecule has 0 bridgehead atoms. The van der Waals surface area contributed by atoms with E-state index in [0.717, 1.165) is 4.90 Å². The first-order valence-electron chi connectivity index (χ1n) is 7.51. The van der Waals surface area contributed by atoms with Crippen molar-refractivity contribution in [2.75, 3.05) is 26.0 Å². The number of rotatable bonds is 8. The Morgan fingerprint density at radius 1 is 1.12 bits per heavy atom. The van der Waals surface area contributed by atoms with Crippen LogP contribution in [0, 0.1) is 0 Å². The molecular formula is C15H19N2O6P. The van der Waals surface area contributed by atoms with Gasteiger partial charge in [0.1, 0.15) is 12.8 Å². The molecule has 1 aromatic rings. The van der Waals surface area contributed by atoms with E-state index in [9.17, 15) is 18.9 Å². The van der Waals surface area contributed by atoms with Gasteiger partial charge in [-0.05, 0) is 26.0 Å². The number of carbonyl (C=O) groups is 3. The van der Waals surface area contributed by atoms with Gasteiger partial charge in [-0.2, -0.15) is 0 Å². The molecule has 0 aromatic heterocycles. The van der Waals surface area contributed by atoms with E-state index in [1.807, 2.05) is 0 Å². The van der Waals surface area contributed by atoms with Crippen LogP contribution in [0.15, 0.2) is 24.3 Å². The second kappa shape index (κ2) is 7.70. The number of ether oxygens (including phenoxy) is 1. The van der Waals surface area contributed by atoms with Gasteiger partial charge in [-0.3, -0.25) is 23.8 Å². The summed E-state index contributed by atoms with van der Waals surface area (Å²) in [4.78, 5) is 37.0. The Bertz CT molecular complexity index is 670. The maximum atomic E-state index is 12.8. The van der Waals surface area contributed by atoms with Crippen LogP contribution in [-0.4, -0.2) is 48.7 Å². The second-order valence-electron chi connectivity index (χ2n) is 4.96. The molecule has 1 heterocycles. The van der Waals surface area contributed by atoms with Crippen molar-refractivity contribution in [1.29, 1.82) is 0 Å². The topological polar surface area (TPSA) is 102 Å². The lowest BCUT2D eigenvalue weighted by Crippen LogP contribution is -2.35. The van der Waals surface area contributed by atoms with Gasteiger partial charge in [-0.15, -0.1) is 0 Å². The number of nitrogens with one attached hydrogen (secondary N) is 1. The largest absolute Gasteiger partial charge is 0.465 e. The number of benzene rings is 1. The molecule has 8 nitrogen and oxygen atoms in total. The molecule has 0 radical (unpaired) electrons. The SMILES string of the molecule is CCOC(=O)CNP(=O)(CN1C(=O)c2ccccc2C1=O)OCC. The zero-order chi connectivity index (χ0) is 17.7. The van der Waals surface area contributed by atoms with Gasteiger partial charge in [0.05, 0.1) is 24.3 Å². The first-order chi connectivity index (χ1) is 11.4. The standard InChI is InChI=1S/C15H19N2O6P/c1-3-22-13(18)9-16-24(21,23-4-2)10-17-14(19)11-7-5-6-8-12(11)15(17)20/h5-8H,3-4,9-10H2,1-2H3,(H,16,21). The van der Waals surface area contributed by atoms with Crippen LogP contribution in [0.3, 0.4) is 0 Å². The van der Waals surface area contributed by atoms with Gasteiger partial charge in [-0.25, -0.2) is 5.09 Å². The number of hydrogen-bond donors (Lipinski definition) is 1. The van der Waals surface area contributed by atoms with Crippen molar-refractivity contribution in [3.63, 3.8) is 0 Å². The molecule has 0 aliphatic carbocycles. The molecule has 9 heteroatoms. The van der Waals surface area contributed by atoms with Crippen LogP contribution in [0.25, 0.3) is 0 Å². The van der Waals surface area contributed by atoms with Gasteiger partial charge in [0.25, 0.3) is 19.3 Å². The Hall–Kier alpha value is -2.02. The number of amides is 2. The summed E-state index contributed by atoms with van der Waals surface area (Å²) in [7, 11) is -3.62. The van der Waals surface area contributed by atoms with Crippen molar-refractivity contribution < 1.29 is 28.2 Å². The van der Waals surface area contributed by atoms with Crippen molar-refractivity contribution in [2.45, 2.75) is 13.8 Å². The quantitative estimate of drug-likeness (QED) is 0.430. The van der Waals surface area contributed by atoms with Crippen LogP contribution in [0.1, 0.15) is 34.6 Å². The van der Waals surface area contributed by atoms with Crippen LogP contribution in [0.4, 0.5) is 0 Å². The summed E-state index contributed by atoms with van der Waals surface area (Å²) in [5.41, 5.74) is 0.520. The molecule has 1 aromatic carbocycles. The maximum Gasteiger partial charge on any atom is 0.320 e. The lowest BCUT2D eigenvalue weighted by Gasteiger charge is -2.23. The van der Waals surface area contributed by atoms with Gasteiger partial charge in [-0.1, -0.05) is 12.1 Å². The molecule has 0 fully saturated rings. The molecule has 24 heavy (non-hydrogen) atoms. The molecule has 1 atom stereocenters. The van der Waals surface area contributed by atoms with Crippen molar-refractivity contribution in [2.24, 2.45) is 0 Å². The summed E-state index contributed by atoms with van der Waals surface area (Å²) >= 11 is 0. The van der Waals surface area contributed by atoms with Crippen LogP contribution >= 0.6 is 7.52 Å². The zero-order valence-corrected chi connectivity index (χ0v) is 14.4. The summed E-state index contributed by atoms with van der Waals surface area (Å²) in [5.74, 6) is -1.67. The van der Waals surface area contributed by atoms with E-state index >= 15 is 0 Å². The van der Waals surface area contributed by atoms with Gasteiger partial charge in [0, 0.05) is 0 Å². The first kappa shape index (κ1) is 18.3. The molecule has 2 rings (SSSR count). The monoisotopic (exact) mass is 354 g/mol. The highest BCUT2D eigenvalue weighted by molar-refractivity contribution is 7.56. The fraction of sp³-hybridized carbons (Fsp3) is 0.400. The Morgan fingerprint density at radius 2 is 1.71 bits per heavy atom. The van der Waals surface area contributed by atoms with Gasteiger partial charge in [0.15, 0.2) is 0 Å². The minimum atomic E-state index is -3.62. The van der Waals surface area contributed by atoms with E-state index in [1.165, 1.54) is 12.1 Å². The number of nitrogens with zero attached hydrogens (tertiary/aromatic N) is 1. The lowest BCUT2D eigenvalue weighted by atomic mass is 10.1. The summed E-state index contributed by atoms with van der Waals surface area (Å²) in [6.07, 6.45) is -0.452. The van der Waals surface area contributed by atoms with E-state index < -0.39 is 31.6 Å². The van der Waals surface area contributed by atoms with Crippen LogP contribution in [-0.2, 0) is 18.6 Å². The average Bonchev–Trinajstić information content (AvgIpc) is 2.79. The van der Waals surface area contributed by atoms with E-state index in [1.54, 1.807) is 26.0 Å².